The van der Waals surface area contributed by atoms with Crippen molar-refractivity contribution in [2.75, 3.05) is 0 Å². The summed E-state index contributed by atoms with van der Waals surface area (Å²) in [5, 5.41) is 14.0. The molecule has 0 saturated carbocycles. The number of ether oxygens (including phenoxy) is 1. The van der Waals surface area contributed by atoms with Crippen molar-refractivity contribution in [1.82, 2.24) is 4.57 Å². The average Bonchev–Trinajstić information content (AvgIpc) is 3.53. The molecule has 4 nitrogen and oxygen atoms in total. The van der Waals surface area contributed by atoms with Crippen molar-refractivity contribution in [3.05, 3.63) is 138 Å². The van der Waals surface area contributed by atoms with Gasteiger partial charge in [-0.2, -0.15) is 5.26 Å². The Kier molecular flexibility index (Phi) is 5.13. The highest BCUT2D eigenvalue weighted by atomic mass is 16.5. The van der Waals surface area contributed by atoms with Gasteiger partial charge in [0.25, 0.3) is 0 Å². The topological polar surface area (TPSA) is 51.1 Å². The van der Waals surface area contributed by atoms with Crippen molar-refractivity contribution in [3.8, 4) is 34.0 Å². The molecule has 3 heterocycles. The van der Waals surface area contributed by atoms with Crippen molar-refractivity contribution in [2.24, 2.45) is 0 Å². The molecule has 9 rings (SSSR count). The van der Waals surface area contributed by atoms with Crippen molar-refractivity contribution >= 4 is 43.7 Å². The number of hydrogen-bond acceptors (Lipinski definition) is 3. The third-order valence-corrected chi connectivity index (χ3v) is 8.77. The zero-order valence-electron chi connectivity index (χ0n) is 23.2. The first-order chi connectivity index (χ1) is 21.2. The Labute approximate surface area is 247 Å². The molecule has 1 aliphatic heterocycles. The number of benzene rings is 6. The monoisotopic (exact) mass is 552 g/mol. The Morgan fingerprint density at radius 1 is 0.558 bits per heavy atom. The summed E-state index contributed by atoms with van der Waals surface area (Å²) in [7, 11) is 0. The van der Waals surface area contributed by atoms with Gasteiger partial charge in [0.1, 0.15) is 11.2 Å². The molecule has 4 heteroatoms. The fraction of sp³-hybridized carbons (Fsp3) is 0.0513. The molecular weight excluding hydrogens is 528 g/mol. The molecule has 0 fully saturated rings. The lowest BCUT2D eigenvalue weighted by atomic mass is 9.92. The van der Waals surface area contributed by atoms with E-state index in [2.05, 4.69) is 108 Å². The van der Waals surface area contributed by atoms with Crippen LogP contribution in [0.4, 0.5) is 0 Å². The second-order valence-corrected chi connectivity index (χ2v) is 11.2. The zero-order valence-corrected chi connectivity index (χ0v) is 23.2. The van der Waals surface area contributed by atoms with Crippen LogP contribution in [0.5, 0.6) is 0 Å². The molecular formula is C39H24N2O2. The minimum Gasteiger partial charge on any atom is -0.456 e. The Balaban J connectivity index is 1.19. The van der Waals surface area contributed by atoms with Crippen molar-refractivity contribution in [2.45, 2.75) is 13.2 Å². The van der Waals surface area contributed by atoms with Crippen LogP contribution in [0.3, 0.4) is 0 Å². The predicted molar refractivity (Wildman–Crippen MR) is 172 cm³/mol. The molecule has 6 aromatic carbocycles. The van der Waals surface area contributed by atoms with E-state index in [1.165, 1.54) is 22.3 Å². The van der Waals surface area contributed by atoms with Crippen molar-refractivity contribution in [3.63, 3.8) is 0 Å². The third kappa shape index (κ3) is 3.66. The lowest BCUT2D eigenvalue weighted by Crippen LogP contribution is -1.97. The van der Waals surface area contributed by atoms with Gasteiger partial charge in [-0.1, -0.05) is 60.7 Å². The molecule has 0 atom stereocenters. The number of rotatable bonds is 2. The fourth-order valence-electron chi connectivity index (χ4n) is 6.73. The Morgan fingerprint density at radius 2 is 1.33 bits per heavy atom. The first kappa shape index (κ1) is 24.0. The molecule has 0 N–H and O–H groups in total. The Hall–Kier alpha value is -5.63. The molecule has 202 valence electrons. The van der Waals surface area contributed by atoms with Crippen LogP contribution in [0.15, 0.2) is 126 Å². The molecule has 8 aromatic rings. The van der Waals surface area contributed by atoms with Gasteiger partial charge in [0.05, 0.1) is 35.9 Å². The van der Waals surface area contributed by atoms with E-state index in [-0.39, 0.29) is 0 Å². The number of para-hydroxylation sites is 2. The van der Waals surface area contributed by atoms with Gasteiger partial charge in [0, 0.05) is 27.2 Å². The minimum atomic E-state index is 0.552. The van der Waals surface area contributed by atoms with Crippen molar-refractivity contribution in [1.29, 1.82) is 5.26 Å². The summed E-state index contributed by atoms with van der Waals surface area (Å²) in [5.74, 6) is 0. The van der Waals surface area contributed by atoms with Crippen molar-refractivity contribution < 1.29 is 9.15 Å². The summed E-state index contributed by atoms with van der Waals surface area (Å²) in [6, 6.07) is 44.7. The van der Waals surface area contributed by atoms with Gasteiger partial charge < -0.3 is 13.7 Å². The van der Waals surface area contributed by atoms with Crippen LogP contribution in [-0.4, -0.2) is 4.57 Å². The van der Waals surface area contributed by atoms with Gasteiger partial charge in [-0.05, 0) is 94.0 Å². The lowest BCUT2D eigenvalue weighted by Gasteiger charge is -2.14. The highest BCUT2D eigenvalue weighted by Gasteiger charge is 2.19. The van der Waals surface area contributed by atoms with Gasteiger partial charge in [-0.15, -0.1) is 0 Å². The van der Waals surface area contributed by atoms with E-state index in [1.807, 2.05) is 24.3 Å². The predicted octanol–water partition coefficient (Wildman–Crippen LogP) is 9.92. The van der Waals surface area contributed by atoms with Crippen LogP contribution < -0.4 is 0 Å². The van der Waals surface area contributed by atoms with E-state index in [9.17, 15) is 5.26 Å². The number of aromatic nitrogens is 1. The molecule has 1 aliphatic rings. The van der Waals surface area contributed by atoms with E-state index in [0.29, 0.717) is 18.8 Å². The fourth-order valence-corrected chi connectivity index (χ4v) is 6.73. The van der Waals surface area contributed by atoms with Gasteiger partial charge in [-0.25, -0.2) is 0 Å². The maximum Gasteiger partial charge on any atom is 0.135 e. The van der Waals surface area contributed by atoms with Crippen LogP contribution >= 0.6 is 0 Å². The first-order valence-corrected chi connectivity index (χ1v) is 14.4. The van der Waals surface area contributed by atoms with Crippen LogP contribution in [-0.2, 0) is 18.0 Å². The van der Waals surface area contributed by atoms with E-state index >= 15 is 0 Å². The van der Waals surface area contributed by atoms with Crippen LogP contribution in [0.1, 0.15) is 16.7 Å². The average molecular weight is 553 g/mol. The molecule has 0 radical (unpaired) electrons. The molecule has 43 heavy (non-hydrogen) atoms. The van der Waals surface area contributed by atoms with Gasteiger partial charge >= 0.3 is 0 Å². The maximum atomic E-state index is 9.54. The summed E-state index contributed by atoms with van der Waals surface area (Å²) in [6.07, 6.45) is 0. The summed E-state index contributed by atoms with van der Waals surface area (Å²) < 4.78 is 14.6. The van der Waals surface area contributed by atoms with E-state index in [0.717, 1.165) is 60.6 Å². The van der Waals surface area contributed by atoms with E-state index in [4.69, 9.17) is 9.15 Å². The molecule has 0 spiro atoms. The molecule has 0 saturated heterocycles. The Morgan fingerprint density at radius 3 is 2.26 bits per heavy atom. The number of furan rings is 1. The van der Waals surface area contributed by atoms with Crippen LogP contribution in [0, 0.1) is 11.3 Å². The standard InChI is InChI=1S/C39H24N2O2/c40-21-24-9-15-37-34(17-24)31-5-1-3-7-36(31)41(37)29-13-10-27-22-42-23-28-18-25(11-14-30(28)33(27)20-29)26-12-16-39-35(19-26)32-6-2-4-8-38(32)43-39/h1-20H,22-23H2. The second-order valence-electron chi connectivity index (χ2n) is 11.2. The maximum absolute atomic E-state index is 9.54. The summed E-state index contributed by atoms with van der Waals surface area (Å²) >= 11 is 0. The number of nitriles is 1. The molecule has 0 amide bonds. The van der Waals surface area contributed by atoms with Crippen LogP contribution in [0.2, 0.25) is 0 Å². The Bertz CT molecular complexity index is 2450. The molecule has 0 bridgehead atoms. The highest BCUT2D eigenvalue weighted by Crippen LogP contribution is 2.39. The molecule has 0 unspecified atom stereocenters. The zero-order chi connectivity index (χ0) is 28.5. The van der Waals surface area contributed by atoms with Gasteiger partial charge in [0.2, 0.25) is 0 Å². The third-order valence-electron chi connectivity index (χ3n) is 8.77. The van der Waals surface area contributed by atoms with E-state index < -0.39 is 0 Å². The summed E-state index contributed by atoms with van der Waals surface area (Å²) in [5.41, 5.74) is 12.8. The van der Waals surface area contributed by atoms with E-state index in [1.54, 1.807) is 0 Å². The molecule has 0 aliphatic carbocycles. The smallest absolute Gasteiger partial charge is 0.135 e. The van der Waals surface area contributed by atoms with Gasteiger partial charge in [0.15, 0.2) is 0 Å². The minimum absolute atomic E-state index is 0.552. The van der Waals surface area contributed by atoms with Crippen LogP contribution in [0.25, 0.3) is 71.7 Å². The highest BCUT2D eigenvalue weighted by molar-refractivity contribution is 6.10. The number of nitrogens with zero attached hydrogens (tertiary/aromatic N) is 2. The largest absolute Gasteiger partial charge is 0.456 e. The SMILES string of the molecule is N#Cc1ccc2c(c1)c1ccccc1n2-c1ccc2c(c1)-c1ccc(-c3ccc4oc5ccccc5c4c3)cc1COC2. The summed E-state index contributed by atoms with van der Waals surface area (Å²) in [6.45, 7) is 1.11. The first-order valence-electron chi connectivity index (χ1n) is 14.4. The van der Waals surface area contributed by atoms with Gasteiger partial charge in [-0.3, -0.25) is 0 Å². The molecule has 2 aromatic heterocycles. The lowest BCUT2D eigenvalue weighted by molar-refractivity contribution is 0.110. The normalized spacial score (nSPS) is 12.8. The quantitative estimate of drug-likeness (QED) is 0.214. The second kappa shape index (κ2) is 9.19. The number of hydrogen-bond donors (Lipinski definition) is 0. The summed E-state index contributed by atoms with van der Waals surface area (Å²) in [4.78, 5) is 0. The number of fused-ring (bicyclic) bond motifs is 9.